The van der Waals surface area contributed by atoms with E-state index in [1.807, 2.05) is 6.92 Å². The van der Waals surface area contributed by atoms with Crippen LogP contribution < -0.4 is 10.2 Å². The Morgan fingerprint density at radius 1 is 1.35 bits per heavy atom. The van der Waals surface area contributed by atoms with E-state index in [0.29, 0.717) is 37.1 Å². The van der Waals surface area contributed by atoms with Crippen LogP contribution in [0.3, 0.4) is 0 Å². The highest BCUT2D eigenvalue weighted by Gasteiger charge is 2.31. The van der Waals surface area contributed by atoms with Gasteiger partial charge >= 0.3 is 6.18 Å². The van der Waals surface area contributed by atoms with Crippen LogP contribution in [-0.4, -0.2) is 35.3 Å². The summed E-state index contributed by atoms with van der Waals surface area (Å²) in [6, 6.07) is 0.530. The van der Waals surface area contributed by atoms with Crippen molar-refractivity contribution < 1.29 is 13.2 Å². The third-order valence-corrected chi connectivity index (χ3v) is 3.01. The van der Waals surface area contributed by atoms with E-state index in [1.165, 1.54) is 11.1 Å². The highest BCUT2D eigenvalue weighted by molar-refractivity contribution is 5.36. The van der Waals surface area contributed by atoms with Crippen molar-refractivity contribution in [2.75, 3.05) is 18.0 Å². The molecule has 0 unspecified atom stereocenters. The molecule has 1 aliphatic carbocycles. The number of nitrogens with one attached hydrogen (secondary N) is 1. The second-order valence-corrected chi connectivity index (χ2v) is 5.06. The maximum absolute atomic E-state index is 12.6. The number of nitrogens with zero attached hydrogens (tertiary/aromatic N) is 3. The molecule has 1 heterocycles. The normalized spacial score (nSPS) is 15.4. The zero-order chi connectivity index (χ0) is 14.6. The Kier molecular flexibility index (Phi) is 4.80. The third-order valence-electron chi connectivity index (χ3n) is 3.01. The average Bonchev–Trinajstić information content (AvgIpc) is 3.19. The quantitative estimate of drug-likeness (QED) is 0.837. The smallest absolute Gasteiger partial charge is 0.346 e. The summed E-state index contributed by atoms with van der Waals surface area (Å²) >= 11 is 0. The molecule has 1 aliphatic rings. The van der Waals surface area contributed by atoms with Gasteiger partial charge in [0.15, 0.2) is 0 Å². The van der Waals surface area contributed by atoms with Gasteiger partial charge < -0.3 is 10.2 Å². The molecule has 4 nitrogen and oxygen atoms in total. The lowest BCUT2D eigenvalue weighted by Crippen LogP contribution is -2.35. The van der Waals surface area contributed by atoms with Gasteiger partial charge in [-0.25, -0.2) is 4.98 Å². The van der Waals surface area contributed by atoms with Gasteiger partial charge in [-0.15, -0.1) is 0 Å². The Labute approximate surface area is 116 Å². The summed E-state index contributed by atoms with van der Waals surface area (Å²) in [6.07, 6.45) is 1.69. The van der Waals surface area contributed by atoms with Gasteiger partial charge in [-0.05, 0) is 19.3 Å². The van der Waals surface area contributed by atoms with Crippen LogP contribution in [0.2, 0.25) is 0 Å². The monoisotopic (exact) mass is 288 g/mol. The SMILES string of the molecule is CCCN(CC(F)(F)F)c1cncc(CNC2CC2)n1. The molecule has 0 aromatic carbocycles. The number of rotatable bonds is 7. The van der Waals surface area contributed by atoms with Crippen LogP contribution in [-0.2, 0) is 6.54 Å². The molecule has 0 saturated heterocycles. The molecule has 1 aromatic rings. The van der Waals surface area contributed by atoms with Crippen molar-refractivity contribution in [1.29, 1.82) is 0 Å². The summed E-state index contributed by atoms with van der Waals surface area (Å²) in [6.45, 7) is 1.72. The highest BCUT2D eigenvalue weighted by atomic mass is 19.4. The van der Waals surface area contributed by atoms with Gasteiger partial charge in [0.25, 0.3) is 0 Å². The predicted molar refractivity (Wildman–Crippen MR) is 70.5 cm³/mol. The second kappa shape index (κ2) is 6.39. The van der Waals surface area contributed by atoms with Crippen molar-refractivity contribution in [3.63, 3.8) is 0 Å². The molecule has 1 N–H and O–H groups in total. The lowest BCUT2D eigenvalue weighted by Gasteiger charge is -2.24. The second-order valence-electron chi connectivity index (χ2n) is 5.06. The number of aromatic nitrogens is 2. The fraction of sp³-hybridized carbons (Fsp3) is 0.692. The van der Waals surface area contributed by atoms with E-state index in [0.717, 1.165) is 12.8 Å². The van der Waals surface area contributed by atoms with Gasteiger partial charge in [0.1, 0.15) is 12.4 Å². The molecular weight excluding hydrogens is 269 g/mol. The van der Waals surface area contributed by atoms with Crippen molar-refractivity contribution in [2.24, 2.45) is 0 Å². The lowest BCUT2D eigenvalue weighted by molar-refractivity contribution is -0.119. The summed E-state index contributed by atoms with van der Waals surface area (Å²) < 4.78 is 37.7. The van der Waals surface area contributed by atoms with Gasteiger partial charge in [-0.1, -0.05) is 6.92 Å². The molecule has 0 spiro atoms. The van der Waals surface area contributed by atoms with Crippen LogP contribution in [0.5, 0.6) is 0 Å². The number of alkyl halides is 3. The van der Waals surface area contributed by atoms with Gasteiger partial charge in [0, 0.05) is 25.3 Å². The molecule has 1 saturated carbocycles. The first-order valence-corrected chi connectivity index (χ1v) is 6.84. The van der Waals surface area contributed by atoms with E-state index in [9.17, 15) is 13.2 Å². The van der Waals surface area contributed by atoms with Crippen LogP contribution in [0, 0.1) is 0 Å². The number of halogens is 3. The fourth-order valence-corrected chi connectivity index (χ4v) is 1.93. The van der Waals surface area contributed by atoms with Crippen LogP contribution in [0.4, 0.5) is 19.0 Å². The Balaban J connectivity index is 2.04. The van der Waals surface area contributed by atoms with Crippen molar-refractivity contribution in [1.82, 2.24) is 15.3 Å². The van der Waals surface area contributed by atoms with Crippen LogP contribution in [0.1, 0.15) is 31.9 Å². The zero-order valence-electron chi connectivity index (χ0n) is 11.5. The molecule has 0 amide bonds. The van der Waals surface area contributed by atoms with E-state index in [1.54, 1.807) is 6.20 Å². The third kappa shape index (κ3) is 4.96. The minimum Gasteiger partial charge on any atom is -0.346 e. The number of hydrogen-bond donors (Lipinski definition) is 1. The minimum atomic E-state index is -4.24. The predicted octanol–water partition coefficient (Wildman–Crippen LogP) is 2.51. The Morgan fingerprint density at radius 3 is 2.70 bits per heavy atom. The van der Waals surface area contributed by atoms with E-state index >= 15 is 0 Å². The zero-order valence-corrected chi connectivity index (χ0v) is 11.5. The molecule has 112 valence electrons. The highest BCUT2D eigenvalue weighted by Crippen LogP contribution is 2.21. The first-order valence-electron chi connectivity index (χ1n) is 6.84. The molecule has 0 aliphatic heterocycles. The Morgan fingerprint density at radius 2 is 2.10 bits per heavy atom. The summed E-state index contributed by atoms with van der Waals surface area (Å²) in [5, 5.41) is 3.28. The molecule has 0 atom stereocenters. The van der Waals surface area contributed by atoms with E-state index in [4.69, 9.17) is 0 Å². The molecule has 20 heavy (non-hydrogen) atoms. The number of anilines is 1. The number of hydrogen-bond acceptors (Lipinski definition) is 4. The van der Waals surface area contributed by atoms with Crippen LogP contribution in [0.25, 0.3) is 0 Å². The Bertz CT molecular complexity index is 432. The molecule has 7 heteroatoms. The van der Waals surface area contributed by atoms with Gasteiger partial charge in [-0.2, -0.15) is 13.2 Å². The largest absolute Gasteiger partial charge is 0.405 e. The molecule has 1 aromatic heterocycles. The maximum atomic E-state index is 12.6. The maximum Gasteiger partial charge on any atom is 0.405 e. The van der Waals surface area contributed by atoms with E-state index < -0.39 is 12.7 Å². The summed E-state index contributed by atoms with van der Waals surface area (Å²) in [5.41, 5.74) is 0.678. The standard InChI is InChI=1S/C13H19F3N4/c1-2-5-20(9-13(14,15)16)12-8-17-6-11(19-12)7-18-10-3-4-10/h6,8,10,18H,2-5,7,9H2,1H3. The van der Waals surface area contributed by atoms with Gasteiger partial charge in [-0.3, -0.25) is 4.98 Å². The molecule has 1 fully saturated rings. The fourth-order valence-electron chi connectivity index (χ4n) is 1.93. The average molecular weight is 288 g/mol. The lowest BCUT2D eigenvalue weighted by atomic mass is 10.3. The Hall–Kier alpha value is -1.37. The first-order chi connectivity index (χ1) is 9.48. The van der Waals surface area contributed by atoms with Crippen molar-refractivity contribution in [3.8, 4) is 0 Å². The molecule has 0 bridgehead atoms. The van der Waals surface area contributed by atoms with Crippen molar-refractivity contribution >= 4 is 5.82 Å². The van der Waals surface area contributed by atoms with Crippen molar-refractivity contribution in [2.45, 2.75) is 44.9 Å². The molecule has 0 radical (unpaired) electrons. The van der Waals surface area contributed by atoms with Crippen LogP contribution >= 0.6 is 0 Å². The van der Waals surface area contributed by atoms with Gasteiger partial charge in [0.05, 0.1) is 11.9 Å². The molecule has 2 rings (SSSR count). The topological polar surface area (TPSA) is 41.1 Å². The van der Waals surface area contributed by atoms with E-state index in [2.05, 4.69) is 15.3 Å². The van der Waals surface area contributed by atoms with E-state index in [-0.39, 0.29) is 0 Å². The summed E-state index contributed by atoms with van der Waals surface area (Å²) in [4.78, 5) is 9.51. The summed E-state index contributed by atoms with van der Waals surface area (Å²) in [7, 11) is 0. The van der Waals surface area contributed by atoms with Crippen molar-refractivity contribution in [3.05, 3.63) is 18.1 Å². The first kappa shape index (κ1) is 15.0. The molecular formula is C13H19F3N4. The van der Waals surface area contributed by atoms with Gasteiger partial charge in [0.2, 0.25) is 0 Å². The minimum absolute atomic E-state index is 0.291. The van der Waals surface area contributed by atoms with Crippen LogP contribution in [0.15, 0.2) is 12.4 Å². The summed E-state index contributed by atoms with van der Waals surface area (Å²) in [5.74, 6) is 0.291.